The molecule has 1 aromatic carbocycles. The maximum Gasteiger partial charge on any atom is 0.253 e. The van der Waals surface area contributed by atoms with Gasteiger partial charge in [-0.2, -0.15) is 0 Å². The summed E-state index contributed by atoms with van der Waals surface area (Å²) in [6.45, 7) is 1.45. The van der Waals surface area contributed by atoms with Crippen LogP contribution in [0.3, 0.4) is 0 Å². The average molecular weight is 424 g/mol. The van der Waals surface area contributed by atoms with E-state index >= 15 is 0 Å². The molecule has 6 nitrogen and oxygen atoms in total. The number of hydrogen-bond acceptors (Lipinski definition) is 5. The molecular formula is C15H15Cl2NO5S2. The van der Waals surface area contributed by atoms with E-state index in [0.29, 0.717) is 15.6 Å². The van der Waals surface area contributed by atoms with Crippen LogP contribution in [0.15, 0.2) is 40.2 Å². The van der Waals surface area contributed by atoms with Crippen LogP contribution in [0.25, 0.3) is 0 Å². The number of nitrogens with one attached hydrogen (secondary N) is 1. The second-order valence-corrected chi connectivity index (χ2v) is 10.6. The SMILES string of the molecule is CCS(=O)(=O)c1ccc(CS(=O)(=O)Cc2cc(Cl)cc(Cl)c2)c(=O)[nH]1. The van der Waals surface area contributed by atoms with Gasteiger partial charge >= 0.3 is 0 Å². The zero-order chi connectivity index (χ0) is 18.8. The molecule has 136 valence electrons. The number of aromatic amines is 1. The van der Waals surface area contributed by atoms with Crippen molar-refractivity contribution in [3.63, 3.8) is 0 Å². The Bertz CT molecular complexity index is 1040. The van der Waals surface area contributed by atoms with Crippen LogP contribution < -0.4 is 5.56 Å². The van der Waals surface area contributed by atoms with Gasteiger partial charge in [0.2, 0.25) is 0 Å². The van der Waals surface area contributed by atoms with Crippen molar-refractivity contribution in [3.8, 4) is 0 Å². The van der Waals surface area contributed by atoms with E-state index in [0.717, 1.165) is 0 Å². The van der Waals surface area contributed by atoms with Gasteiger partial charge in [-0.05, 0) is 35.9 Å². The number of H-pyrrole nitrogens is 1. The molecule has 0 aliphatic carbocycles. The summed E-state index contributed by atoms with van der Waals surface area (Å²) in [4.78, 5) is 14.2. The van der Waals surface area contributed by atoms with Crippen molar-refractivity contribution in [2.45, 2.75) is 23.5 Å². The highest BCUT2D eigenvalue weighted by atomic mass is 35.5. The standard InChI is InChI=1S/C15H15Cl2NO5S2/c1-2-25(22,23)14-4-3-11(15(19)18-14)9-24(20,21)8-10-5-12(16)7-13(17)6-10/h3-7H,2,8-9H2,1H3,(H,18,19). The third kappa shape index (κ3) is 5.31. The van der Waals surface area contributed by atoms with Gasteiger partial charge in [-0.15, -0.1) is 0 Å². The Morgan fingerprint density at radius 3 is 2.08 bits per heavy atom. The van der Waals surface area contributed by atoms with E-state index in [9.17, 15) is 21.6 Å². The molecule has 1 aromatic heterocycles. The predicted octanol–water partition coefficient (Wildman–Crippen LogP) is 2.59. The summed E-state index contributed by atoms with van der Waals surface area (Å²) >= 11 is 11.7. The molecule has 0 amide bonds. The van der Waals surface area contributed by atoms with Gasteiger partial charge in [0.15, 0.2) is 19.7 Å². The van der Waals surface area contributed by atoms with Gasteiger partial charge in [0.05, 0.1) is 17.3 Å². The highest BCUT2D eigenvalue weighted by Crippen LogP contribution is 2.21. The van der Waals surface area contributed by atoms with Crippen LogP contribution in [0, 0.1) is 0 Å². The number of halogens is 2. The molecule has 0 saturated heterocycles. The molecule has 0 spiro atoms. The zero-order valence-corrected chi connectivity index (χ0v) is 16.3. The van der Waals surface area contributed by atoms with Crippen LogP contribution in [-0.2, 0) is 31.2 Å². The molecule has 0 aliphatic rings. The second kappa shape index (κ2) is 7.49. The first-order valence-electron chi connectivity index (χ1n) is 7.13. The topological polar surface area (TPSA) is 101 Å². The van der Waals surface area contributed by atoms with Crippen LogP contribution >= 0.6 is 23.2 Å². The Kier molecular flexibility index (Phi) is 5.98. The number of aromatic nitrogens is 1. The molecule has 0 bridgehead atoms. The minimum atomic E-state index is -3.68. The lowest BCUT2D eigenvalue weighted by atomic mass is 10.2. The van der Waals surface area contributed by atoms with Crippen LogP contribution in [-0.4, -0.2) is 27.6 Å². The van der Waals surface area contributed by atoms with E-state index in [-0.39, 0.29) is 22.1 Å². The van der Waals surface area contributed by atoms with E-state index in [1.54, 1.807) is 0 Å². The fourth-order valence-corrected chi connectivity index (χ4v) is 5.06. The molecule has 0 atom stereocenters. The summed E-state index contributed by atoms with van der Waals surface area (Å²) in [5.74, 6) is -1.04. The molecule has 2 aromatic rings. The van der Waals surface area contributed by atoms with Crippen molar-refractivity contribution in [1.29, 1.82) is 0 Å². The Hall–Kier alpha value is -1.35. The molecule has 0 radical (unpaired) electrons. The normalized spacial score (nSPS) is 12.3. The quantitative estimate of drug-likeness (QED) is 0.768. The number of sulfone groups is 2. The number of benzene rings is 1. The van der Waals surface area contributed by atoms with E-state index in [1.165, 1.54) is 37.3 Å². The van der Waals surface area contributed by atoms with Crippen molar-refractivity contribution in [3.05, 3.63) is 61.9 Å². The number of hydrogen-bond donors (Lipinski definition) is 1. The van der Waals surface area contributed by atoms with Crippen molar-refractivity contribution in [2.75, 3.05) is 5.75 Å². The third-order valence-corrected chi connectivity index (χ3v) is 6.99. The summed E-state index contributed by atoms with van der Waals surface area (Å²) in [5, 5.41) is 0.386. The Morgan fingerprint density at radius 1 is 0.960 bits per heavy atom. The molecule has 0 unspecified atom stereocenters. The average Bonchev–Trinajstić information content (AvgIpc) is 2.47. The Labute approximate surface area is 155 Å². The molecule has 2 rings (SSSR count). The largest absolute Gasteiger partial charge is 0.313 e. The van der Waals surface area contributed by atoms with E-state index in [2.05, 4.69) is 4.98 Å². The lowest BCUT2D eigenvalue weighted by Gasteiger charge is -2.07. The summed E-state index contributed by atoms with van der Waals surface area (Å²) in [7, 11) is -7.26. The smallest absolute Gasteiger partial charge is 0.253 e. The number of pyridine rings is 1. The highest BCUT2D eigenvalue weighted by molar-refractivity contribution is 7.91. The summed E-state index contributed by atoms with van der Waals surface area (Å²) < 4.78 is 48.1. The van der Waals surface area contributed by atoms with Gasteiger partial charge < -0.3 is 4.98 Å². The Morgan fingerprint density at radius 2 is 1.56 bits per heavy atom. The highest BCUT2D eigenvalue weighted by Gasteiger charge is 2.18. The molecule has 0 fully saturated rings. The first-order valence-corrected chi connectivity index (χ1v) is 11.4. The molecule has 25 heavy (non-hydrogen) atoms. The van der Waals surface area contributed by atoms with Gasteiger partial charge in [-0.3, -0.25) is 4.79 Å². The van der Waals surface area contributed by atoms with Crippen LogP contribution in [0.2, 0.25) is 10.0 Å². The van der Waals surface area contributed by atoms with Crippen molar-refractivity contribution in [1.82, 2.24) is 4.98 Å². The van der Waals surface area contributed by atoms with E-state index in [4.69, 9.17) is 23.2 Å². The molecule has 0 saturated carbocycles. The predicted molar refractivity (Wildman–Crippen MR) is 97.6 cm³/mol. The molecular weight excluding hydrogens is 409 g/mol. The van der Waals surface area contributed by atoms with Crippen LogP contribution in [0.4, 0.5) is 0 Å². The van der Waals surface area contributed by atoms with Crippen molar-refractivity contribution >= 4 is 42.9 Å². The monoisotopic (exact) mass is 423 g/mol. The van der Waals surface area contributed by atoms with Gasteiger partial charge in [0.1, 0.15) is 5.03 Å². The van der Waals surface area contributed by atoms with Crippen molar-refractivity contribution < 1.29 is 16.8 Å². The second-order valence-electron chi connectivity index (χ2n) is 5.39. The van der Waals surface area contributed by atoms with Crippen LogP contribution in [0.5, 0.6) is 0 Å². The van der Waals surface area contributed by atoms with Crippen LogP contribution in [0.1, 0.15) is 18.1 Å². The molecule has 0 aliphatic heterocycles. The number of rotatable bonds is 6. The summed E-state index contributed by atoms with van der Waals surface area (Å²) in [5.41, 5.74) is -0.385. The zero-order valence-electron chi connectivity index (χ0n) is 13.1. The van der Waals surface area contributed by atoms with Crippen molar-refractivity contribution in [2.24, 2.45) is 0 Å². The van der Waals surface area contributed by atoms with E-state index < -0.39 is 31.0 Å². The molecule has 1 N–H and O–H groups in total. The minimum Gasteiger partial charge on any atom is -0.313 e. The van der Waals surface area contributed by atoms with Gasteiger partial charge in [0, 0.05) is 15.6 Å². The van der Waals surface area contributed by atoms with Gasteiger partial charge in [-0.1, -0.05) is 30.1 Å². The maximum atomic E-state index is 12.3. The summed E-state index contributed by atoms with van der Waals surface area (Å²) in [6, 6.07) is 6.85. The third-order valence-electron chi connectivity index (χ3n) is 3.36. The summed E-state index contributed by atoms with van der Waals surface area (Å²) in [6.07, 6.45) is 0. The first-order chi connectivity index (χ1) is 11.5. The maximum absolute atomic E-state index is 12.3. The molecule has 1 heterocycles. The lowest BCUT2D eigenvalue weighted by molar-refractivity contribution is 0.593. The fraction of sp³-hybridized carbons (Fsp3) is 0.267. The fourth-order valence-electron chi connectivity index (χ4n) is 2.17. The van der Waals surface area contributed by atoms with Gasteiger partial charge in [0.25, 0.3) is 5.56 Å². The van der Waals surface area contributed by atoms with E-state index in [1.807, 2.05) is 0 Å². The lowest BCUT2D eigenvalue weighted by Crippen LogP contribution is -2.20. The van der Waals surface area contributed by atoms with Gasteiger partial charge in [-0.25, -0.2) is 16.8 Å². The minimum absolute atomic E-state index is 0.0387. The Balaban J connectivity index is 2.27. The molecule has 10 heteroatoms. The first kappa shape index (κ1) is 20.0.